The Morgan fingerprint density at radius 3 is 1.19 bits per heavy atom. The number of nitrogens with one attached hydrogen (secondary N) is 6. The molecule has 2 aliphatic rings. The van der Waals surface area contributed by atoms with E-state index in [1.807, 2.05) is 221 Å². The minimum atomic E-state index is -1.12. The fourth-order valence-electron chi connectivity index (χ4n) is 14.4. The van der Waals surface area contributed by atoms with Gasteiger partial charge in [0.15, 0.2) is 0 Å². The topological polar surface area (TPSA) is 577 Å². The Kier molecular flexibility index (Phi) is 42.4. The number of carboxylic acids is 1. The molecule has 2 fully saturated rings. The average molecular weight is 1980 g/mol. The molecule has 3 amide bonds. The van der Waals surface area contributed by atoms with Crippen LogP contribution in [0.25, 0.3) is 54.5 Å². The Hall–Kier alpha value is -14.6. The third-order valence-electron chi connectivity index (χ3n) is 21.2. The molecule has 39 nitrogen and oxygen atoms in total. The molecule has 2 saturated carbocycles. The van der Waals surface area contributed by atoms with Crippen LogP contribution in [0.2, 0.25) is 21.0 Å². The number of halogens is 4. The monoisotopic (exact) mass is 1980 g/mol. The maximum absolute atomic E-state index is 12.0. The van der Waals surface area contributed by atoms with Gasteiger partial charge in [-0.15, -0.1) is 0 Å². The van der Waals surface area contributed by atoms with Gasteiger partial charge >= 0.3 is 42.9 Å². The number of carbonyl (C=O) groups is 7. The van der Waals surface area contributed by atoms with Crippen LogP contribution in [0.5, 0.6) is 0 Å². The standard InChI is InChI=1S/C20H25N7O.C16H15ClN4O2.C15H15N5O.C14H11ClN4O2.C11H22N2O2.C9H10N2.C7H6Cl2N2O2.C3H3NO.CH4.Li.H2O/c1-27-10-9-12-15(7-4-8-17(12)27)24-19-13(18(22)28)11-23-20(26-19)25-16-6-3-2-5-14(16)21;1-3-23-15(22)11-9-18-16(17)20-14(11)19-12-5-4-6-13-10(12)7-8-21(13)2;1-9-17-8-11(14(16)21)15(18-9)19-12-4-3-5-13-10(12)6-7-20(13)2;1-19-6-5-8-10(3-2-4-11(8)19)17-12-9(13(20)21)7-16-14(15)18-12;1-11(2,3)15-10(14)13-9-7-5-4-6-8(9)12;1-11-6-5-7-8(10)3-2-4-9(7)11;1-2-13-6(12)4-3-10-7(9)11-5(4)8;1-3(5)2-4;;;/h4,7-11,14,16H,2-3,5-6,21H2,1H3,(H2,22,28)(H2,23,24,25,26);4-9H,3H2,1-2H3,(H,18,19,20);3-8H,1-2H3,(H2,16,21)(H,17,18,19);2-7H,1H3,(H,20,21)(H,16,17,18);8-9H,4-7,12H2,1-3H3,(H,13,14);2-6H,10H2,1H3;3H,2H2,1H3;1H3;1H4;;1H2/q;;;;;;;;;+1;/p-1/t14-,16+;;;;8-,9+;;;;;;/m0...1....../s1. The zero-order chi connectivity index (χ0) is 99.5. The summed E-state index contributed by atoms with van der Waals surface area (Å²) in [4.78, 5) is 119. The molecule has 0 bridgehead atoms. The summed E-state index contributed by atoms with van der Waals surface area (Å²) in [7, 11) is 9.90. The molecule has 44 heteroatoms. The second-order valence-corrected chi connectivity index (χ2v) is 33.6. The molecule has 0 aliphatic heterocycles. The Morgan fingerprint density at radius 2 is 0.814 bits per heavy atom. The Bertz CT molecular complexity index is 6740. The van der Waals surface area contributed by atoms with Gasteiger partial charge in [-0.2, -0.15) is 20.2 Å². The van der Waals surface area contributed by atoms with Gasteiger partial charge in [0.05, 0.1) is 13.2 Å². The van der Waals surface area contributed by atoms with Crippen LogP contribution in [0, 0.1) is 18.3 Å². The largest absolute Gasteiger partial charge is 1.00 e. The molecular formula is C96H112Cl4LiN27O12. The molecule has 17 rings (SSSR count). The number of alkyl carbamates (subject to hydrolysis) is 1. The predicted octanol–water partition coefficient (Wildman–Crippen LogP) is 14.3. The first-order chi connectivity index (χ1) is 65.3. The number of nitrogens with two attached hydrogens (primary N) is 5. The molecule has 140 heavy (non-hydrogen) atoms. The van der Waals surface area contributed by atoms with Crippen molar-refractivity contribution in [3.63, 3.8) is 0 Å². The number of hydrogen-bond donors (Lipinski definition) is 12. The predicted molar refractivity (Wildman–Crippen MR) is 541 cm³/mol. The first-order valence-corrected chi connectivity index (χ1v) is 44.7. The van der Waals surface area contributed by atoms with E-state index in [1.54, 1.807) is 20.8 Å². The molecule has 4 atom stereocenters. The van der Waals surface area contributed by atoms with E-state index in [9.17, 15) is 38.7 Å². The third-order valence-corrected chi connectivity index (χ3v) is 22.0. The van der Waals surface area contributed by atoms with E-state index in [0.29, 0.717) is 29.2 Å². The molecule has 0 spiro atoms. The number of fused-ring (bicyclic) bond motifs is 5. The number of carboxylic acid groups (broad SMARTS) is 1. The van der Waals surface area contributed by atoms with Gasteiger partial charge in [0.25, 0.3) is 11.8 Å². The summed E-state index contributed by atoms with van der Waals surface area (Å²) >= 11 is 22.7. The van der Waals surface area contributed by atoms with Crippen molar-refractivity contribution in [3.05, 3.63) is 238 Å². The molecule has 0 radical (unpaired) electrons. The minimum absolute atomic E-state index is 0. The van der Waals surface area contributed by atoms with Crippen molar-refractivity contribution in [1.82, 2.24) is 78.0 Å². The summed E-state index contributed by atoms with van der Waals surface area (Å²) in [6.07, 6.45) is 24.7. The van der Waals surface area contributed by atoms with E-state index < -0.39 is 41.1 Å². The van der Waals surface area contributed by atoms with Gasteiger partial charge in [-0.25, -0.2) is 54.1 Å². The number of hydrogen-bond acceptors (Lipinski definition) is 30. The number of Topliss-reactive ketones (excluding diaryl/α,β-unsaturated/α-hetero) is 1. The molecule has 732 valence electrons. The van der Waals surface area contributed by atoms with Crippen LogP contribution in [0.15, 0.2) is 183 Å². The smallest absolute Gasteiger partial charge is 0.870 e. The molecule has 15 aromatic rings. The van der Waals surface area contributed by atoms with E-state index >= 15 is 0 Å². The van der Waals surface area contributed by atoms with Crippen LogP contribution >= 0.6 is 46.4 Å². The molecule has 5 aromatic carbocycles. The number of rotatable bonds is 18. The van der Waals surface area contributed by atoms with Gasteiger partial charge in [-0.05, 0) is 193 Å². The number of primary amides is 2. The van der Waals surface area contributed by atoms with Crippen molar-refractivity contribution in [2.45, 2.75) is 137 Å². The SMILES string of the molecule is C.CC(=O)C#N.CC(C)(C)OC(=O)N[C@H]1CCCC[C@H]1N.CCOC(=O)c1cnc(Cl)nc1Cl.CCOC(=O)c1cnc(Cl)nc1Nc1cccc2c1ccn2C.Cc1ncc(C(N)=O)c(Nc2cccc3c2ccn3C)n1.Cn1ccc2c(N)cccc21.Cn1ccc2c(Nc3nc(Cl)ncc3C(=O)O)cccc21.Cn1ccc2c(Nc3nc(N[C@@H]4CCCC[C@@H]4N)ncc3C(N)=O)cccc21.[Li+].[OH-]. The normalized spacial score (nSPS) is 13.8. The molecule has 10 aromatic heterocycles. The van der Waals surface area contributed by atoms with Crippen molar-refractivity contribution >= 4 is 200 Å². The fraction of sp³-hybridized carbons (Fsp3) is 0.292. The van der Waals surface area contributed by atoms with Crippen molar-refractivity contribution < 1.29 is 77.2 Å². The number of aryl methyl sites for hydroxylation is 6. The van der Waals surface area contributed by atoms with E-state index in [-0.39, 0.29) is 130 Å². The number of anilines is 10. The molecule has 0 unspecified atom stereocenters. The fourth-order valence-corrected chi connectivity index (χ4v) is 15.0. The van der Waals surface area contributed by atoms with Gasteiger partial charge in [-0.1, -0.05) is 75.0 Å². The second kappa shape index (κ2) is 52.8. The number of aromatic carboxylic acids is 1. The van der Waals surface area contributed by atoms with Crippen molar-refractivity contribution in [1.29, 1.82) is 5.26 Å². The number of esters is 2. The molecule has 2 aliphatic carbocycles. The molecule has 18 N–H and O–H groups in total. The second-order valence-electron chi connectivity index (χ2n) is 32.2. The maximum Gasteiger partial charge on any atom is 1.00 e. The summed E-state index contributed by atoms with van der Waals surface area (Å²) in [6.45, 7) is 12.5. The number of carbonyl (C=O) groups excluding carboxylic acids is 6. The van der Waals surface area contributed by atoms with Gasteiger partial charge in [0.2, 0.25) is 27.6 Å². The molecule has 0 saturated heterocycles. The van der Waals surface area contributed by atoms with E-state index in [0.717, 1.165) is 129 Å². The Balaban J connectivity index is 0.000000223. The van der Waals surface area contributed by atoms with Crippen LogP contribution in [0.1, 0.15) is 158 Å². The Morgan fingerprint density at radius 1 is 0.479 bits per heavy atom. The summed E-state index contributed by atoms with van der Waals surface area (Å²) in [5, 5.41) is 40.7. The first-order valence-electron chi connectivity index (χ1n) is 43.2. The van der Waals surface area contributed by atoms with Crippen LogP contribution in [-0.2, 0) is 54.2 Å². The van der Waals surface area contributed by atoms with Gasteiger partial charge in [0.1, 0.15) is 73.7 Å². The molecule has 10 heterocycles. The number of nitrogens with zero attached hydrogens (tertiary/aromatic N) is 16. The summed E-state index contributed by atoms with van der Waals surface area (Å²) in [5.74, 6) is -1.44. The third kappa shape index (κ3) is 31.0. The number of aromatic nitrogens is 15. The van der Waals surface area contributed by atoms with Crippen molar-refractivity contribution in [2.75, 3.05) is 45.5 Å². The number of nitriles is 1. The number of amides is 3. The first kappa shape index (κ1) is 112. The average Bonchev–Trinajstić information content (AvgIpc) is 1.76. The van der Waals surface area contributed by atoms with Crippen LogP contribution < -0.4 is 79.4 Å². The summed E-state index contributed by atoms with van der Waals surface area (Å²) in [6, 6.07) is 41.1. The molecular weight excluding hydrogens is 1870 g/mol. The minimum Gasteiger partial charge on any atom is -0.870 e. The van der Waals surface area contributed by atoms with Crippen LogP contribution in [-0.4, -0.2) is 168 Å². The zero-order valence-electron chi connectivity index (χ0n) is 78.7. The van der Waals surface area contributed by atoms with E-state index in [4.69, 9.17) is 94.5 Å². The van der Waals surface area contributed by atoms with Crippen molar-refractivity contribution in [2.24, 2.45) is 58.2 Å². The Labute approximate surface area is 839 Å². The van der Waals surface area contributed by atoms with Gasteiger partial charge in [0, 0.05) is 211 Å². The zero-order valence-corrected chi connectivity index (χ0v) is 81.8. The van der Waals surface area contributed by atoms with E-state index in [2.05, 4.69) is 92.4 Å². The van der Waals surface area contributed by atoms with Crippen LogP contribution in [0.4, 0.5) is 62.5 Å². The number of ether oxygens (including phenoxy) is 3. The number of ketones is 1. The summed E-state index contributed by atoms with van der Waals surface area (Å²) in [5.41, 5.74) is 38.8. The maximum atomic E-state index is 12.0. The van der Waals surface area contributed by atoms with Gasteiger partial charge in [-0.3, -0.25) is 14.4 Å². The number of nitrogen functional groups attached to an aromatic ring is 1. The summed E-state index contributed by atoms with van der Waals surface area (Å²) < 4.78 is 25.0. The quantitative estimate of drug-likeness (QED) is 0.00722. The van der Waals surface area contributed by atoms with Crippen molar-refractivity contribution in [3.8, 4) is 6.07 Å². The van der Waals surface area contributed by atoms with E-state index in [1.165, 1.54) is 49.5 Å². The number of benzene rings is 5. The van der Waals surface area contributed by atoms with Gasteiger partial charge < -0.3 is 108 Å². The van der Waals surface area contributed by atoms with Crippen LogP contribution in [0.3, 0.4) is 0 Å².